The van der Waals surface area contributed by atoms with Crippen LogP contribution in [0.2, 0.25) is 0 Å². The minimum absolute atomic E-state index is 0.131. The van der Waals surface area contributed by atoms with Gasteiger partial charge in [-0.25, -0.2) is 0 Å². The van der Waals surface area contributed by atoms with Crippen molar-refractivity contribution in [3.8, 4) is 0 Å². The summed E-state index contributed by atoms with van der Waals surface area (Å²) in [6.45, 7) is 5.46. The number of amides is 1. The number of carbonyl (C=O) groups excluding carboxylic acids is 1. The SMILES string of the molecule is COC(C)C1=CCCC=C1NC1CCN(C(C)=O)CC1. The molecule has 112 valence electrons. The summed E-state index contributed by atoms with van der Waals surface area (Å²) in [6.07, 6.45) is 8.91. The zero-order valence-corrected chi connectivity index (χ0v) is 12.8. The van der Waals surface area contributed by atoms with Gasteiger partial charge in [0.2, 0.25) is 5.91 Å². The van der Waals surface area contributed by atoms with Crippen molar-refractivity contribution in [2.75, 3.05) is 20.2 Å². The molecule has 0 saturated carbocycles. The molecule has 4 nitrogen and oxygen atoms in total. The average Bonchev–Trinajstić information content (AvgIpc) is 2.47. The molecule has 2 aliphatic rings. The predicted octanol–water partition coefficient (Wildman–Crippen LogP) is 2.23. The zero-order valence-electron chi connectivity index (χ0n) is 12.8. The van der Waals surface area contributed by atoms with Crippen molar-refractivity contribution in [3.05, 3.63) is 23.4 Å². The Morgan fingerprint density at radius 3 is 2.60 bits per heavy atom. The Balaban J connectivity index is 1.91. The van der Waals surface area contributed by atoms with Crippen LogP contribution < -0.4 is 5.32 Å². The lowest BCUT2D eigenvalue weighted by molar-refractivity contribution is -0.129. The molecule has 1 aliphatic heterocycles. The molecule has 1 unspecified atom stereocenters. The molecule has 0 bridgehead atoms. The van der Waals surface area contributed by atoms with E-state index in [1.165, 1.54) is 11.3 Å². The summed E-state index contributed by atoms with van der Waals surface area (Å²) in [7, 11) is 1.75. The van der Waals surface area contributed by atoms with Gasteiger partial charge in [0.05, 0.1) is 6.10 Å². The van der Waals surface area contributed by atoms with Gasteiger partial charge in [-0.1, -0.05) is 12.2 Å². The van der Waals surface area contributed by atoms with E-state index in [-0.39, 0.29) is 12.0 Å². The third kappa shape index (κ3) is 3.63. The molecule has 1 atom stereocenters. The van der Waals surface area contributed by atoms with E-state index < -0.39 is 0 Å². The van der Waals surface area contributed by atoms with Gasteiger partial charge in [0.15, 0.2) is 0 Å². The summed E-state index contributed by atoms with van der Waals surface area (Å²) in [5, 5.41) is 3.66. The molecular formula is C16H26N2O2. The normalized spacial score (nSPS) is 22.1. The number of methoxy groups -OCH3 is 1. The number of nitrogens with zero attached hydrogens (tertiary/aromatic N) is 1. The molecule has 1 saturated heterocycles. The number of carbonyl (C=O) groups is 1. The number of hydrogen-bond donors (Lipinski definition) is 1. The molecular weight excluding hydrogens is 252 g/mol. The van der Waals surface area contributed by atoms with E-state index in [1.54, 1.807) is 14.0 Å². The first-order chi connectivity index (χ1) is 9.61. The van der Waals surface area contributed by atoms with Crippen LogP contribution in [0.4, 0.5) is 0 Å². The Labute approximate surface area is 121 Å². The minimum Gasteiger partial charge on any atom is -0.382 e. The van der Waals surface area contributed by atoms with Crippen molar-refractivity contribution in [1.82, 2.24) is 10.2 Å². The lowest BCUT2D eigenvalue weighted by atomic mass is 9.97. The van der Waals surface area contributed by atoms with E-state index in [9.17, 15) is 4.79 Å². The highest BCUT2D eigenvalue weighted by atomic mass is 16.5. The van der Waals surface area contributed by atoms with Crippen LogP contribution in [0.1, 0.15) is 39.5 Å². The van der Waals surface area contributed by atoms with Gasteiger partial charge < -0.3 is 15.0 Å². The molecule has 1 aliphatic carbocycles. The van der Waals surface area contributed by atoms with Crippen LogP contribution in [0.5, 0.6) is 0 Å². The Kier molecular flexibility index (Phi) is 5.24. The third-order valence-corrected chi connectivity index (χ3v) is 4.28. The molecule has 1 fully saturated rings. The van der Waals surface area contributed by atoms with E-state index in [0.29, 0.717) is 6.04 Å². The number of rotatable bonds is 4. The van der Waals surface area contributed by atoms with Gasteiger partial charge in [0.25, 0.3) is 0 Å². The predicted molar refractivity (Wildman–Crippen MR) is 80.3 cm³/mol. The highest BCUT2D eigenvalue weighted by Gasteiger charge is 2.23. The van der Waals surface area contributed by atoms with Crippen molar-refractivity contribution in [1.29, 1.82) is 0 Å². The van der Waals surface area contributed by atoms with Gasteiger partial charge in [-0.2, -0.15) is 0 Å². The van der Waals surface area contributed by atoms with Crippen molar-refractivity contribution in [3.63, 3.8) is 0 Å². The summed E-state index contributed by atoms with van der Waals surface area (Å²) in [5.41, 5.74) is 2.50. The molecule has 1 heterocycles. The summed E-state index contributed by atoms with van der Waals surface area (Å²) in [5.74, 6) is 0.189. The van der Waals surface area contributed by atoms with Crippen LogP contribution in [0, 0.1) is 0 Å². The van der Waals surface area contributed by atoms with E-state index in [2.05, 4.69) is 24.4 Å². The maximum atomic E-state index is 11.3. The van der Waals surface area contributed by atoms with Crippen LogP contribution in [0.3, 0.4) is 0 Å². The first kappa shape index (κ1) is 15.1. The molecule has 0 aromatic carbocycles. The number of likely N-dealkylation sites (tertiary alicyclic amines) is 1. The highest BCUT2D eigenvalue weighted by Crippen LogP contribution is 2.23. The first-order valence-electron chi connectivity index (χ1n) is 7.57. The molecule has 4 heteroatoms. The zero-order chi connectivity index (χ0) is 14.5. The third-order valence-electron chi connectivity index (χ3n) is 4.28. The largest absolute Gasteiger partial charge is 0.382 e. The fourth-order valence-electron chi connectivity index (χ4n) is 2.91. The van der Waals surface area contributed by atoms with Crippen molar-refractivity contribution < 1.29 is 9.53 Å². The number of allylic oxidation sites excluding steroid dienone is 2. The minimum atomic E-state index is 0.131. The van der Waals surface area contributed by atoms with Gasteiger partial charge in [0.1, 0.15) is 0 Å². The van der Waals surface area contributed by atoms with Gasteiger partial charge >= 0.3 is 0 Å². The van der Waals surface area contributed by atoms with E-state index in [4.69, 9.17) is 4.74 Å². The van der Waals surface area contributed by atoms with Crippen LogP contribution in [0.25, 0.3) is 0 Å². The summed E-state index contributed by atoms with van der Waals surface area (Å²) < 4.78 is 5.46. The summed E-state index contributed by atoms with van der Waals surface area (Å²) in [6, 6.07) is 0.461. The van der Waals surface area contributed by atoms with Crippen LogP contribution in [0.15, 0.2) is 23.4 Å². The Hall–Kier alpha value is -1.29. The standard InChI is InChI=1S/C16H26N2O2/c1-12(20-3)15-6-4-5-7-16(15)17-14-8-10-18(11-9-14)13(2)19/h6-7,12,14,17H,4-5,8-11H2,1-3H3. The van der Waals surface area contributed by atoms with Gasteiger partial charge in [-0.15, -0.1) is 0 Å². The first-order valence-corrected chi connectivity index (χ1v) is 7.57. The topological polar surface area (TPSA) is 41.6 Å². The molecule has 0 aromatic rings. The quantitative estimate of drug-likeness (QED) is 0.857. The fourth-order valence-corrected chi connectivity index (χ4v) is 2.91. The van der Waals surface area contributed by atoms with Gasteiger partial charge in [-0.3, -0.25) is 4.79 Å². The lowest BCUT2D eigenvalue weighted by Crippen LogP contribution is -2.44. The van der Waals surface area contributed by atoms with Crippen molar-refractivity contribution in [2.45, 2.75) is 51.7 Å². The lowest BCUT2D eigenvalue weighted by Gasteiger charge is -2.34. The van der Waals surface area contributed by atoms with Crippen LogP contribution >= 0.6 is 0 Å². The van der Waals surface area contributed by atoms with E-state index >= 15 is 0 Å². The second-order valence-corrected chi connectivity index (χ2v) is 5.66. The maximum Gasteiger partial charge on any atom is 0.219 e. The molecule has 20 heavy (non-hydrogen) atoms. The molecule has 0 radical (unpaired) electrons. The smallest absolute Gasteiger partial charge is 0.219 e. The Morgan fingerprint density at radius 1 is 1.35 bits per heavy atom. The fraction of sp³-hybridized carbons (Fsp3) is 0.688. The number of hydrogen-bond acceptors (Lipinski definition) is 3. The van der Waals surface area contributed by atoms with E-state index in [1.807, 2.05) is 4.90 Å². The van der Waals surface area contributed by atoms with E-state index in [0.717, 1.165) is 38.8 Å². The summed E-state index contributed by atoms with van der Waals surface area (Å²) in [4.78, 5) is 13.3. The van der Waals surface area contributed by atoms with Crippen LogP contribution in [-0.2, 0) is 9.53 Å². The number of piperidine rings is 1. The highest BCUT2D eigenvalue weighted by molar-refractivity contribution is 5.73. The monoisotopic (exact) mass is 278 g/mol. The maximum absolute atomic E-state index is 11.3. The van der Waals surface area contributed by atoms with Crippen molar-refractivity contribution in [2.24, 2.45) is 0 Å². The molecule has 0 spiro atoms. The average molecular weight is 278 g/mol. The second kappa shape index (κ2) is 6.93. The second-order valence-electron chi connectivity index (χ2n) is 5.66. The molecule has 0 aromatic heterocycles. The Bertz CT molecular complexity index is 407. The van der Waals surface area contributed by atoms with Crippen molar-refractivity contribution >= 4 is 5.91 Å². The molecule has 1 amide bonds. The molecule has 2 rings (SSSR count). The van der Waals surface area contributed by atoms with Gasteiger partial charge in [-0.05, 0) is 38.2 Å². The molecule has 1 N–H and O–H groups in total. The Morgan fingerprint density at radius 2 is 2.00 bits per heavy atom. The van der Waals surface area contributed by atoms with Crippen LogP contribution in [-0.4, -0.2) is 43.2 Å². The number of ether oxygens (including phenoxy) is 1. The summed E-state index contributed by atoms with van der Waals surface area (Å²) >= 11 is 0. The number of nitrogens with one attached hydrogen (secondary N) is 1. The van der Waals surface area contributed by atoms with Gasteiger partial charge in [0, 0.05) is 38.9 Å².